The molecule has 1 amide bonds. The largest absolute Gasteiger partial charge is 0.377 e. The Morgan fingerprint density at radius 1 is 1.20 bits per heavy atom. The molecule has 2 aromatic carbocycles. The number of ether oxygens (including phenoxy) is 1. The first-order valence-electron chi connectivity index (χ1n) is 9.65. The zero-order valence-electron chi connectivity index (χ0n) is 17.4. The van der Waals surface area contributed by atoms with Crippen molar-refractivity contribution in [3.8, 4) is 0 Å². The summed E-state index contributed by atoms with van der Waals surface area (Å²) in [5.74, 6) is -1.20. The van der Waals surface area contributed by atoms with Crippen LogP contribution < -0.4 is 5.48 Å². The van der Waals surface area contributed by atoms with Gasteiger partial charge in [-0.25, -0.2) is 9.87 Å². The number of halogens is 1. The first-order chi connectivity index (χ1) is 14.0. The highest BCUT2D eigenvalue weighted by Gasteiger charge is 2.24. The zero-order valence-corrected chi connectivity index (χ0v) is 18.4. The molecular formula is C23H31FN2O3S. The van der Waals surface area contributed by atoms with Crippen molar-refractivity contribution >= 4 is 25.5 Å². The monoisotopic (exact) mass is 434 g/mol. The SMILES string of the molecule is CO[C@H](C[C@H](CCN(C)C/C=C/c1ccccc1)C(=O)NO)c1ccc(F)cc1.S. The van der Waals surface area contributed by atoms with Crippen LogP contribution in [0, 0.1) is 11.7 Å². The lowest BCUT2D eigenvalue weighted by Crippen LogP contribution is -2.32. The Labute approximate surface area is 185 Å². The lowest BCUT2D eigenvalue weighted by atomic mass is 9.93. The standard InChI is InChI=1S/C23H29FN2O3.H2S/c1-26(15-6-9-18-7-4-3-5-8-18)16-14-20(23(27)25-28)17-22(29-2)19-10-12-21(24)13-11-19;/h3-13,20,22,28H,14-17H2,1-2H3,(H,25,27);1H2/b9-6+;/t20-,22+;/m0./s1. The van der Waals surface area contributed by atoms with Crippen molar-refractivity contribution in [1.82, 2.24) is 10.4 Å². The Balaban J connectivity index is 0.00000450. The zero-order chi connectivity index (χ0) is 21.1. The van der Waals surface area contributed by atoms with Crippen molar-refractivity contribution in [2.75, 3.05) is 27.2 Å². The molecule has 0 saturated carbocycles. The van der Waals surface area contributed by atoms with Crippen LogP contribution in [0.25, 0.3) is 6.08 Å². The molecule has 0 aromatic heterocycles. The average Bonchev–Trinajstić information content (AvgIpc) is 2.75. The number of likely N-dealkylation sites (N-methyl/N-ethyl adjacent to an activating group) is 1. The summed E-state index contributed by atoms with van der Waals surface area (Å²) in [5, 5.41) is 9.12. The van der Waals surface area contributed by atoms with Crippen molar-refractivity contribution in [1.29, 1.82) is 0 Å². The third-order valence-electron chi connectivity index (χ3n) is 4.89. The molecule has 0 bridgehead atoms. The molecule has 2 N–H and O–H groups in total. The Kier molecular flexibility index (Phi) is 12.0. The maximum absolute atomic E-state index is 13.2. The third kappa shape index (κ3) is 8.67. The molecule has 0 radical (unpaired) electrons. The molecule has 5 nitrogen and oxygen atoms in total. The summed E-state index contributed by atoms with van der Waals surface area (Å²) >= 11 is 0. The highest BCUT2D eigenvalue weighted by molar-refractivity contribution is 7.59. The number of rotatable bonds is 11. The molecule has 2 atom stereocenters. The van der Waals surface area contributed by atoms with Gasteiger partial charge >= 0.3 is 0 Å². The summed E-state index contributed by atoms with van der Waals surface area (Å²) in [5.41, 5.74) is 3.69. The number of amides is 1. The van der Waals surface area contributed by atoms with Crippen molar-refractivity contribution in [3.63, 3.8) is 0 Å². The Morgan fingerprint density at radius 2 is 1.87 bits per heavy atom. The molecule has 164 valence electrons. The Morgan fingerprint density at radius 3 is 2.47 bits per heavy atom. The van der Waals surface area contributed by atoms with Gasteiger partial charge in [0.25, 0.3) is 0 Å². The van der Waals surface area contributed by atoms with E-state index in [0.717, 1.165) is 17.7 Å². The summed E-state index contributed by atoms with van der Waals surface area (Å²) in [4.78, 5) is 14.3. The van der Waals surface area contributed by atoms with Gasteiger partial charge in [-0.05, 0) is 49.7 Å². The van der Waals surface area contributed by atoms with Crippen molar-refractivity contribution in [2.45, 2.75) is 18.9 Å². The summed E-state index contributed by atoms with van der Waals surface area (Å²) in [7, 11) is 3.54. The molecule has 7 heteroatoms. The second-order valence-corrected chi connectivity index (χ2v) is 7.05. The molecule has 0 spiro atoms. The number of hydrogen-bond donors (Lipinski definition) is 2. The maximum Gasteiger partial charge on any atom is 0.246 e. The number of hydroxylamine groups is 1. The van der Waals surface area contributed by atoms with Gasteiger partial charge in [-0.15, -0.1) is 0 Å². The van der Waals surface area contributed by atoms with E-state index in [1.165, 1.54) is 12.1 Å². The number of carbonyl (C=O) groups is 1. The first-order valence-corrected chi connectivity index (χ1v) is 9.65. The van der Waals surface area contributed by atoms with E-state index in [4.69, 9.17) is 9.94 Å². The lowest BCUT2D eigenvalue weighted by Gasteiger charge is -2.23. The van der Waals surface area contributed by atoms with Crippen molar-refractivity contribution in [2.24, 2.45) is 5.92 Å². The number of hydrogen-bond acceptors (Lipinski definition) is 4. The second-order valence-electron chi connectivity index (χ2n) is 7.05. The molecule has 0 aliphatic rings. The van der Waals surface area contributed by atoms with Gasteiger partial charge in [0.15, 0.2) is 0 Å². The van der Waals surface area contributed by atoms with Gasteiger partial charge in [0.2, 0.25) is 5.91 Å². The molecule has 0 aliphatic heterocycles. The van der Waals surface area contributed by atoms with E-state index in [-0.39, 0.29) is 25.4 Å². The molecular weight excluding hydrogens is 403 g/mol. The van der Waals surface area contributed by atoms with E-state index in [1.54, 1.807) is 24.7 Å². The van der Waals surface area contributed by atoms with Crippen molar-refractivity contribution < 1.29 is 19.1 Å². The van der Waals surface area contributed by atoms with Gasteiger partial charge in [-0.1, -0.05) is 54.6 Å². The predicted molar refractivity (Wildman–Crippen MR) is 122 cm³/mol. The van der Waals surface area contributed by atoms with E-state index < -0.39 is 11.8 Å². The first kappa shape index (κ1) is 25.8. The van der Waals surface area contributed by atoms with E-state index in [9.17, 15) is 9.18 Å². The van der Waals surface area contributed by atoms with Crippen LogP contribution in [0.3, 0.4) is 0 Å². The van der Waals surface area contributed by atoms with Gasteiger partial charge in [0.1, 0.15) is 5.82 Å². The molecule has 0 saturated heterocycles. The fourth-order valence-electron chi connectivity index (χ4n) is 3.15. The van der Waals surface area contributed by atoms with Crippen LogP contribution in [-0.4, -0.2) is 43.3 Å². The molecule has 0 fully saturated rings. The normalized spacial score (nSPS) is 13.1. The van der Waals surface area contributed by atoms with Crippen LogP contribution in [0.2, 0.25) is 0 Å². The van der Waals surface area contributed by atoms with Gasteiger partial charge in [-0.2, -0.15) is 13.5 Å². The molecule has 2 aromatic rings. The van der Waals surface area contributed by atoms with Crippen molar-refractivity contribution in [3.05, 3.63) is 77.6 Å². The number of nitrogens with one attached hydrogen (secondary N) is 1. The number of nitrogens with zero attached hydrogens (tertiary/aromatic N) is 1. The number of benzene rings is 2. The topological polar surface area (TPSA) is 61.8 Å². The van der Waals surface area contributed by atoms with E-state index in [2.05, 4.69) is 17.1 Å². The molecule has 0 unspecified atom stereocenters. The maximum atomic E-state index is 13.2. The molecule has 2 rings (SSSR count). The lowest BCUT2D eigenvalue weighted by molar-refractivity contribution is -0.135. The fraction of sp³-hybridized carbons (Fsp3) is 0.348. The minimum atomic E-state index is -0.442. The highest BCUT2D eigenvalue weighted by atomic mass is 32.1. The number of methoxy groups -OCH3 is 1. The minimum absolute atomic E-state index is 0. The molecule has 30 heavy (non-hydrogen) atoms. The number of carbonyl (C=O) groups excluding carboxylic acids is 1. The van der Waals surface area contributed by atoms with Gasteiger partial charge in [0, 0.05) is 19.6 Å². The van der Waals surface area contributed by atoms with Crippen LogP contribution in [0.15, 0.2) is 60.7 Å². The minimum Gasteiger partial charge on any atom is -0.377 e. The van der Waals surface area contributed by atoms with Crippen LogP contribution >= 0.6 is 13.5 Å². The van der Waals surface area contributed by atoms with Crippen LogP contribution in [0.1, 0.15) is 30.1 Å². The van der Waals surface area contributed by atoms with E-state index in [0.29, 0.717) is 19.4 Å². The van der Waals surface area contributed by atoms with Crippen LogP contribution in [0.4, 0.5) is 4.39 Å². The molecule has 0 aliphatic carbocycles. The quantitative estimate of drug-likeness (QED) is 0.412. The summed E-state index contributed by atoms with van der Waals surface area (Å²) in [6.07, 6.45) is 4.73. The molecule has 0 heterocycles. The average molecular weight is 435 g/mol. The van der Waals surface area contributed by atoms with Crippen LogP contribution in [-0.2, 0) is 9.53 Å². The Hall–Kier alpha value is -2.19. The second kappa shape index (κ2) is 13.9. The van der Waals surface area contributed by atoms with Gasteiger partial charge < -0.3 is 9.64 Å². The fourth-order valence-corrected chi connectivity index (χ4v) is 3.15. The van der Waals surface area contributed by atoms with E-state index >= 15 is 0 Å². The Bertz CT molecular complexity index is 772. The van der Waals surface area contributed by atoms with E-state index in [1.807, 2.05) is 37.4 Å². The van der Waals surface area contributed by atoms with Gasteiger partial charge in [0.05, 0.1) is 6.10 Å². The summed E-state index contributed by atoms with van der Waals surface area (Å²) in [6, 6.07) is 16.1. The van der Waals surface area contributed by atoms with Gasteiger partial charge in [-0.3, -0.25) is 10.0 Å². The van der Waals surface area contributed by atoms with Crippen LogP contribution in [0.5, 0.6) is 0 Å². The smallest absolute Gasteiger partial charge is 0.246 e. The summed E-state index contributed by atoms with van der Waals surface area (Å²) < 4.78 is 18.7. The highest BCUT2D eigenvalue weighted by Crippen LogP contribution is 2.27. The predicted octanol–water partition coefficient (Wildman–Crippen LogP) is 4.17. The third-order valence-corrected chi connectivity index (χ3v) is 4.89. The summed E-state index contributed by atoms with van der Waals surface area (Å²) in [6.45, 7) is 1.42.